The third-order valence-electron chi connectivity index (χ3n) is 7.78. The molecule has 0 amide bonds. The van der Waals surface area contributed by atoms with Gasteiger partial charge in [0.2, 0.25) is 0 Å². The van der Waals surface area contributed by atoms with Crippen LogP contribution in [0, 0.1) is 22.0 Å². The zero-order valence-corrected chi connectivity index (χ0v) is 20.1. The van der Waals surface area contributed by atoms with Crippen molar-refractivity contribution in [2.24, 2.45) is 11.8 Å². The van der Waals surface area contributed by atoms with Crippen LogP contribution in [-0.2, 0) is 16.0 Å². The number of carbonyl (C=O) groups is 1. The molecule has 1 saturated carbocycles. The normalized spacial score (nSPS) is 24.0. The van der Waals surface area contributed by atoms with E-state index < -0.39 is 0 Å². The Labute approximate surface area is 202 Å². The standard InChI is InChI=1S/C28H36N2O4/c1-2-34-28(31)24-16-18-29(19-17-24)27-15-13-21(20-25(27)22-8-4-3-5-9-22)12-14-23-10-6-7-11-26(23)30(32)33/h3-11,21,24-25,27H,2,12-20H2,1H3. The van der Waals surface area contributed by atoms with E-state index in [0.717, 1.165) is 63.6 Å². The first-order valence-electron chi connectivity index (χ1n) is 12.7. The number of benzene rings is 2. The fraction of sp³-hybridized carbons (Fsp3) is 0.536. The average molecular weight is 465 g/mol. The Morgan fingerprint density at radius 2 is 1.74 bits per heavy atom. The molecule has 1 aliphatic carbocycles. The van der Waals surface area contributed by atoms with Crippen LogP contribution in [0.5, 0.6) is 0 Å². The third-order valence-corrected chi connectivity index (χ3v) is 7.78. The lowest BCUT2D eigenvalue weighted by Gasteiger charge is -2.45. The summed E-state index contributed by atoms with van der Waals surface area (Å²) in [6, 6.07) is 18.4. The molecule has 0 N–H and O–H groups in total. The number of para-hydroxylation sites is 1. The summed E-state index contributed by atoms with van der Waals surface area (Å²) >= 11 is 0. The van der Waals surface area contributed by atoms with Gasteiger partial charge in [0.1, 0.15) is 0 Å². The van der Waals surface area contributed by atoms with E-state index >= 15 is 0 Å². The molecule has 2 aromatic rings. The Kier molecular flexibility index (Phi) is 8.33. The predicted octanol–water partition coefficient (Wildman–Crippen LogP) is 5.76. The zero-order valence-electron chi connectivity index (χ0n) is 20.1. The number of nitro benzene ring substituents is 1. The van der Waals surface area contributed by atoms with Crippen LogP contribution in [0.4, 0.5) is 5.69 Å². The molecule has 182 valence electrons. The van der Waals surface area contributed by atoms with Crippen molar-refractivity contribution in [2.75, 3.05) is 19.7 Å². The Morgan fingerprint density at radius 1 is 1.03 bits per heavy atom. The molecule has 3 atom stereocenters. The first-order valence-corrected chi connectivity index (χ1v) is 12.7. The number of piperidine rings is 1. The highest BCUT2D eigenvalue weighted by molar-refractivity contribution is 5.72. The maximum absolute atomic E-state index is 12.2. The SMILES string of the molecule is CCOC(=O)C1CCN(C2CCC(CCc3ccccc3[N+](=O)[O-])CC2c2ccccc2)CC1. The van der Waals surface area contributed by atoms with Gasteiger partial charge in [-0.15, -0.1) is 0 Å². The van der Waals surface area contributed by atoms with Gasteiger partial charge in [-0.2, -0.15) is 0 Å². The summed E-state index contributed by atoms with van der Waals surface area (Å²) in [6.45, 7) is 4.20. The van der Waals surface area contributed by atoms with Gasteiger partial charge in [0.05, 0.1) is 17.4 Å². The quantitative estimate of drug-likeness (QED) is 0.282. The highest BCUT2D eigenvalue weighted by Gasteiger charge is 2.37. The number of likely N-dealkylation sites (tertiary alicyclic amines) is 1. The van der Waals surface area contributed by atoms with Gasteiger partial charge in [-0.25, -0.2) is 0 Å². The lowest BCUT2D eigenvalue weighted by molar-refractivity contribution is -0.385. The summed E-state index contributed by atoms with van der Waals surface area (Å²) in [7, 11) is 0. The van der Waals surface area contributed by atoms with Crippen LogP contribution in [0.3, 0.4) is 0 Å². The molecule has 34 heavy (non-hydrogen) atoms. The minimum Gasteiger partial charge on any atom is -0.466 e. The minimum atomic E-state index is -0.265. The van der Waals surface area contributed by atoms with Crippen LogP contribution in [0.15, 0.2) is 54.6 Å². The highest BCUT2D eigenvalue weighted by Crippen LogP contribution is 2.42. The van der Waals surface area contributed by atoms with Crippen molar-refractivity contribution in [3.05, 3.63) is 75.8 Å². The number of hydrogen-bond acceptors (Lipinski definition) is 5. The molecule has 0 bridgehead atoms. The summed E-state index contributed by atoms with van der Waals surface area (Å²) in [5.41, 5.74) is 2.46. The second-order valence-corrected chi connectivity index (χ2v) is 9.75. The fourth-order valence-corrected chi connectivity index (χ4v) is 5.99. The molecule has 3 unspecified atom stereocenters. The second-order valence-electron chi connectivity index (χ2n) is 9.75. The maximum Gasteiger partial charge on any atom is 0.309 e. The summed E-state index contributed by atoms with van der Waals surface area (Å²) in [6.07, 6.45) is 6.85. The first-order chi connectivity index (χ1) is 16.6. The molecule has 6 heteroatoms. The second kappa shape index (κ2) is 11.6. The van der Waals surface area contributed by atoms with Gasteiger partial charge in [0, 0.05) is 17.7 Å². The molecule has 1 heterocycles. The number of carbonyl (C=O) groups excluding carboxylic acids is 1. The van der Waals surface area contributed by atoms with E-state index in [1.807, 2.05) is 19.1 Å². The number of nitro groups is 1. The van der Waals surface area contributed by atoms with Crippen LogP contribution in [-0.4, -0.2) is 41.5 Å². The Morgan fingerprint density at radius 3 is 2.44 bits per heavy atom. The third kappa shape index (κ3) is 5.84. The Hall–Kier alpha value is -2.73. The summed E-state index contributed by atoms with van der Waals surface area (Å²) in [4.78, 5) is 25.9. The van der Waals surface area contributed by atoms with Crippen molar-refractivity contribution < 1.29 is 14.5 Å². The minimum absolute atomic E-state index is 0.0318. The van der Waals surface area contributed by atoms with Crippen molar-refractivity contribution in [1.82, 2.24) is 4.90 Å². The van der Waals surface area contributed by atoms with Crippen molar-refractivity contribution in [3.8, 4) is 0 Å². The van der Waals surface area contributed by atoms with Crippen LogP contribution < -0.4 is 0 Å². The van der Waals surface area contributed by atoms with Crippen molar-refractivity contribution in [1.29, 1.82) is 0 Å². The molecule has 1 aliphatic heterocycles. The van der Waals surface area contributed by atoms with Crippen LogP contribution >= 0.6 is 0 Å². The summed E-state index contributed by atoms with van der Waals surface area (Å²) < 4.78 is 5.25. The molecule has 2 aliphatic rings. The molecule has 1 saturated heterocycles. The predicted molar refractivity (Wildman–Crippen MR) is 133 cm³/mol. The number of ether oxygens (including phenoxy) is 1. The smallest absolute Gasteiger partial charge is 0.309 e. The van der Waals surface area contributed by atoms with Gasteiger partial charge < -0.3 is 4.74 Å². The number of nitrogens with zero attached hydrogens (tertiary/aromatic N) is 2. The summed E-state index contributed by atoms with van der Waals surface area (Å²) in [5, 5.41) is 11.4. The average Bonchev–Trinajstić information content (AvgIpc) is 2.88. The maximum atomic E-state index is 12.2. The molecule has 2 fully saturated rings. The van der Waals surface area contributed by atoms with E-state index in [9.17, 15) is 14.9 Å². The molecular weight excluding hydrogens is 428 g/mol. The van der Waals surface area contributed by atoms with Crippen molar-refractivity contribution in [2.45, 2.75) is 63.8 Å². The number of aryl methyl sites for hydroxylation is 1. The first kappa shape index (κ1) is 24.4. The van der Waals surface area contributed by atoms with E-state index in [2.05, 4.69) is 35.2 Å². The molecular formula is C28H36N2O4. The van der Waals surface area contributed by atoms with Gasteiger partial charge in [0.15, 0.2) is 0 Å². The van der Waals surface area contributed by atoms with E-state index in [1.54, 1.807) is 12.1 Å². The zero-order chi connectivity index (χ0) is 23.9. The lowest BCUT2D eigenvalue weighted by atomic mass is 9.72. The van der Waals surface area contributed by atoms with Gasteiger partial charge in [0.25, 0.3) is 5.69 Å². The van der Waals surface area contributed by atoms with E-state index in [-0.39, 0.29) is 22.5 Å². The van der Waals surface area contributed by atoms with Crippen molar-refractivity contribution in [3.63, 3.8) is 0 Å². The van der Waals surface area contributed by atoms with Gasteiger partial charge >= 0.3 is 5.97 Å². The largest absolute Gasteiger partial charge is 0.466 e. The van der Waals surface area contributed by atoms with E-state index in [4.69, 9.17) is 4.74 Å². The Balaban J connectivity index is 1.42. The van der Waals surface area contributed by atoms with Crippen molar-refractivity contribution >= 4 is 11.7 Å². The summed E-state index contributed by atoms with van der Waals surface area (Å²) in [5.74, 6) is 0.994. The highest BCUT2D eigenvalue weighted by atomic mass is 16.6. The number of hydrogen-bond donors (Lipinski definition) is 0. The van der Waals surface area contributed by atoms with Gasteiger partial charge in [-0.05, 0) is 82.4 Å². The molecule has 0 aromatic heterocycles. The topological polar surface area (TPSA) is 72.7 Å². The molecule has 0 spiro atoms. The lowest BCUT2D eigenvalue weighted by Crippen LogP contribution is -2.47. The van der Waals surface area contributed by atoms with E-state index in [1.165, 1.54) is 5.56 Å². The van der Waals surface area contributed by atoms with Crippen LogP contribution in [0.25, 0.3) is 0 Å². The number of esters is 1. The van der Waals surface area contributed by atoms with Crippen LogP contribution in [0.1, 0.15) is 62.5 Å². The fourth-order valence-electron chi connectivity index (χ4n) is 5.99. The van der Waals surface area contributed by atoms with Gasteiger partial charge in [-0.3, -0.25) is 19.8 Å². The number of rotatable bonds is 8. The molecule has 2 aromatic carbocycles. The van der Waals surface area contributed by atoms with E-state index in [0.29, 0.717) is 24.5 Å². The van der Waals surface area contributed by atoms with Gasteiger partial charge in [-0.1, -0.05) is 48.5 Å². The molecule has 0 radical (unpaired) electrons. The monoisotopic (exact) mass is 464 g/mol. The van der Waals surface area contributed by atoms with Crippen LogP contribution in [0.2, 0.25) is 0 Å². The Bertz CT molecular complexity index is 956. The molecule has 6 nitrogen and oxygen atoms in total. The molecule has 4 rings (SSSR count).